The summed E-state index contributed by atoms with van der Waals surface area (Å²) in [6.07, 6.45) is 0.892. The molecule has 0 saturated carbocycles. The summed E-state index contributed by atoms with van der Waals surface area (Å²) in [6, 6.07) is 4.45. The fourth-order valence-electron chi connectivity index (χ4n) is 1.24. The molecule has 1 atom stereocenters. The summed E-state index contributed by atoms with van der Waals surface area (Å²) in [5.74, 6) is -0.158. The molecule has 1 rings (SSSR count). The molecule has 1 amide bonds. The van der Waals surface area contributed by atoms with E-state index < -0.39 is 0 Å². The van der Waals surface area contributed by atoms with Crippen LogP contribution in [0, 0.1) is 5.82 Å². The van der Waals surface area contributed by atoms with E-state index in [1.165, 1.54) is 23.9 Å². The molecule has 0 radical (unpaired) electrons. The smallest absolute Gasteiger partial charge is 0.230 e. The van der Waals surface area contributed by atoms with E-state index in [1.54, 1.807) is 6.07 Å². The fraction of sp³-hybridized carbons (Fsp3) is 0.417. The number of nitrogens with one attached hydrogen (secondary N) is 1. The van der Waals surface area contributed by atoms with E-state index in [0.29, 0.717) is 10.6 Å². The van der Waals surface area contributed by atoms with Crippen molar-refractivity contribution in [3.8, 4) is 0 Å². The molecule has 3 nitrogen and oxygen atoms in total. The van der Waals surface area contributed by atoms with Crippen molar-refractivity contribution in [1.82, 2.24) is 5.32 Å². The molecule has 0 aliphatic heterocycles. The van der Waals surface area contributed by atoms with Crippen molar-refractivity contribution >= 4 is 23.4 Å². The van der Waals surface area contributed by atoms with E-state index in [9.17, 15) is 9.18 Å². The number of amides is 1. The number of halogens is 1. The second kappa shape index (κ2) is 6.49. The molecule has 3 N–H and O–H groups in total. The highest BCUT2D eigenvalue weighted by atomic mass is 32.2. The minimum absolute atomic E-state index is 0.0489. The van der Waals surface area contributed by atoms with Crippen molar-refractivity contribution in [2.75, 3.05) is 11.5 Å². The fourth-order valence-corrected chi connectivity index (χ4v) is 2.03. The van der Waals surface area contributed by atoms with Crippen LogP contribution in [0.4, 0.5) is 10.1 Å². The Morgan fingerprint density at radius 3 is 2.82 bits per heavy atom. The van der Waals surface area contributed by atoms with Crippen LogP contribution in [0.15, 0.2) is 23.1 Å². The SMILES string of the molecule is CCC(C)NC(=O)CSc1cc(N)cc(F)c1. The zero-order valence-electron chi connectivity index (χ0n) is 10.00. The van der Waals surface area contributed by atoms with E-state index >= 15 is 0 Å². The van der Waals surface area contributed by atoms with Gasteiger partial charge < -0.3 is 11.1 Å². The minimum atomic E-state index is -0.380. The van der Waals surface area contributed by atoms with Crippen LogP contribution in [0.5, 0.6) is 0 Å². The third-order valence-corrected chi connectivity index (χ3v) is 3.26. The quantitative estimate of drug-likeness (QED) is 0.628. The van der Waals surface area contributed by atoms with Crippen molar-refractivity contribution in [1.29, 1.82) is 0 Å². The number of hydrogen-bond acceptors (Lipinski definition) is 3. The molecule has 94 valence electrons. The third-order valence-electron chi connectivity index (χ3n) is 2.28. The highest BCUT2D eigenvalue weighted by Gasteiger charge is 2.07. The maximum absolute atomic E-state index is 13.0. The maximum Gasteiger partial charge on any atom is 0.230 e. The van der Waals surface area contributed by atoms with E-state index in [1.807, 2.05) is 13.8 Å². The second-order valence-electron chi connectivity index (χ2n) is 3.89. The Balaban J connectivity index is 2.47. The summed E-state index contributed by atoms with van der Waals surface area (Å²) in [7, 11) is 0. The number of nitrogen functional groups attached to an aromatic ring is 1. The first-order valence-electron chi connectivity index (χ1n) is 5.49. The normalized spacial score (nSPS) is 12.2. The first kappa shape index (κ1) is 13.8. The lowest BCUT2D eigenvalue weighted by Crippen LogP contribution is -2.33. The van der Waals surface area contributed by atoms with Crippen LogP contribution in [0.2, 0.25) is 0 Å². The van der Waals surface area contributed by atoms with Gasteiger partial charge in [0.1, 0.15) is 5.82 Å². The summed E-state index contributed by atoms with van der Waals surface area (Å²) in [5, 5.41) is 2.84. The molecule has 0 fully saturated rings. The molecule has 0 heterocycles. The van der Waals surface area contributed by atoms with Crippen LogP contribution in [0.1, 0.15) is 20.3 Å². The van der Waals surface area contributed by atoms with Gasteiger partial charge in [-0.15, -0.1) is 11.8 Å². The van der Waals surface area contributed by atoms with Crippen molar-refractivity contribution in [3.63, 3.8) is 0 Å². The van der Waals surface area contributed by atoms with Gasteiger partial charge in [-0.3, -0.25) is 4.79 Å². The molecular weight excluding hydrogens is 239 g/mol. The largest absolute Gasteiger partial charge is 0.399 e. The molecule has 0 bridgehead atoms. The van der Waals surface area contributed by atoms with Gasteiger partial charge >= 0.3 is 0 Å². The highest BCUT2D eigenvalue weighted by molar-refractivity contribution is 8.00. The standard InChI is InChI=1S/C12H17FN2OS/c1-3-8(2)15-12(16)7-17-11-5-9(13)4-10(14)6-11/h4-6,8H,3,7,14H2,1-2H3,(H,15,16). The molecule has 1 aromatic carbocycles. The topological polar surface area (TPSA) is 55.1 Å². The zero-order valence-corrected chi connectivity index (χ0v) is 10.8. The summed E-state index contributed by atoms with van der Waals surface area (Å²) < 4.78 is 13.0. The number of anilines is 1. The Morgan fingerprint density at radius 1 is 1.53 bits per heavy atom. The molecule has 1 unspecified atom stereocenters. The number of hydrogen-bond donors (Lipinski definition) is 2. The van der Waals surface area contributed by atoms with Crippen LogP contribution < -0.4 is 11.1 Å². The van der Waals surface area contributed by atoms with E-state index in [-0.39, 0.29) is 23.5 Å². The van der Waals surface area contributed by atoms with Gasteiger partial charge in [-0.1, -0.05) is 6.92 Å². The second-order valence-corrected chi connectivity index (χ2v) is 4.93. The Bertz CT molecular complexity index is 378. The van der Waals surface area contributed by atoms with Crippen molar-refractivity contribution in [2.45, 2.75) is 31.2 Å². The number of nitrogens with two attached hydrogens (primary N) is 1. The molecule has 5 heteroatoms. The molecule has 1 aromatic rings. The van der Waals surface area contributed by atoms with Crippen LogP contribution in [0.3, 0.4) is 0 Å². The Labute approximate surface area is 105 Å². The zero-order chi connectivity index (χ0) is 12.8. The van der Waals surface area contributed by atoms with Crippen LogP contribution >= 0.6 is 11.8 Å². The predicted molar refractivity (Wildman–Crippen MR) is 69.4 cm³/mol. The Hall–Kier alpha value is -1.23. The third kappa shape index (κ3) is 5.08. The highest BCUT2D eigenvalue weighted by Crippen LogP contribution is 2.21. The summed E-state index contributed by atoms with van der Waals surface area (Å²) in [5.41, 5.74) is 5.88. The molecule has 0 saturated heterocycles. The number of benzene rings is 1. The number of thioether (sulfide) groups is 1. The van der Waals surface area contributed by atoms with Gasteiger partial charge in [-0.05, 0) is 31.5 Å². The number of carbonyl (C=O) groups excluding carboxylic acids is 1. The summed E-state index contributed by atoms with van der Waals surface area (Å²) in [6.45, 7) is 3.95. The van der Waals surface area contributed by atoms with Gasteiger partial charge in [0.25, 0.3) is 0 Å². The molecule has 0 spiro atoms. The summed E-state index contributed by atoms with van der Waals surface area (Å²) in [4.78, 5) is 12.2. The van der Waals surface area contributed by atoms with E-state index in [4.69, 9.17) is 5.73 Å². The van der Waals surface area contributed by atoms with Crippen LogP contribution in [-0.4, -0.2) is 17.7 Å². The Kier molecular flexibility index (Phi) is 5.28. The number of rotatable bonds is 5. The van der Waals surface area contributed by atoms with Gasteiger partial charge in [-0.25, -0.2) is 4.39 Å². The van der Waals surface area contributed by atoms with Gasteiger partial charge in [0.2, 0.25) is 5.91 Å². The van der Waals surface area contributed by atoms with Crippen molar-refractivity contribution < 1.29 is 9.18 Å². The van der Waals surface area contributed by atoms with Crippen LogP contribution in [-0.2, 0) is 4.79 Å². The minimum Gasteiger partial charge on any atom is -0.399 e. The molecule has 0 aliphatic carbocycles. The average Bonchev–Trinajstić information content (AvgIpc) is 2.25. The first-order valence-corrected chi connectivity index (χ1v) is 6.48. The Morgan fingerprint density at radius 2 is 2.24 bits per heavy atom. The van der Waals surface area contributed by atoms with Gasteiger partial charge in [-0.2, -0.15) is 0 Å². The first-order chi connectivity index (χ1) is 8.01. The molecule has 17 heavy (non-hydrogen) atoms. The lowest BCUT2D eigenvalue weighted by atomic mass is 10.3. The predicted octanol–water partition coefficient (Wildman–Crippen LogP) is 2.41. The van der Waals surface area contributed by atoms with Crippen molar-refractivity contribution in [2.24, 2.45) is 0 Å². The van der Waals surface area contributed by atoms with Gasteiger partial charge in [0.15, 0.2) is 0 Å². The van der Waals surface area contributed by atoms with Gasteiger partial charge in [0.05, 0.1) is 5.75 Å². The number of carbonyl (C=O) groups is 1. The lowest BCUT2D eigenvalue weighted by Gasteiger charge is -2.11. The van der Waals surface area contributed by atoms with E-state index in [2.05, 4.69) is 5.32 Å². The molecular formula is C12H17FN2OS. The van der Waals surface area contributed by atoms with E-state index in [0.717, 1.165) is 6.42 Å². The lowest BCUT2D eigenvalue weighted by molar-refractivity contribution is -0.119. The van der Waals surface area contributed by atoms with Crippen molar-refractivity contribution in [3.05, 3.63) is 24.0 Å². The molecule has 0 aliphatic rings. The average molecular weight is 256 g/mol. The van der Waals surface area contributed by atoms with Crippen LogP contribution in [0.25, 0.3) is 0 Å². The summed E-state index contributed by atoms with van der Waals surface area (Å²) >= 11 is 1.28. The molecule has 0 aromatic heterocycles. The monoisotopic (exact) mass is 256 g/mol. The maximum atomic E-state index is 13.0. The van der Waals surface area contributed by atoms with Gasteiger partial charge in [0, 0.05) is 16.6 Å².